The summed E-state index contributed by atoms with van der Waals surface area (Å²) in [7, 11) is 0. The van der Waals surface area contributed by atoms with Crippen LogP contribution in [0, 0.1) is 0 Å². The number of carbonyl (C=O) groups excluding carboxylic acids is 1. The lowest BCUT2D eigenvalue weighted by Crippen LogP contribution is -2.29. The van der Waals surface area contributed by atoms with E-state index in [9.17, 15) is 4.79 Å². The molecule has 0 bridgehead atoms. The number of carbonyl (C=O) groups is 1. The molecule has 1 amide bonds. The van der Waals surface area contributed by atoms with E-state index in [-0.39, 0.29) is 5.91 Å². The molecule has 0 aliphatic carbocycles. The van der Waals surface area contributed by atoms with Gasteiger partial charge in [0.15, 0.2) is 0 Å². The zero-order valence-electron chi connectivity index (χ0n) is 14.5. The lowest BCUT2D eigenvalue weighted by molar-refractivity contribution is -0.120. The summed E-state index contributed by atoms with van der Waals surface area (Å²) in [5.74, 6) is 0.0564. The third-order valence-corrected chi connectivity index (χ3v) is 3.90. The van der Waals surface area contributed by atoms with E-state index in [1.807, 2.05) is 24.3 Å². The highest BCUT2D eigenvalue weighted by atomic mass is 35.5. The Morgan fingerprint density at radius 1 is 0.875 bits per heavy atom. The monoisotopic (exact) mass is 354 g/mol. The van der Waals surface area contributed by atoms with Gasteiger partial charge in [-0.1, -0.05) is 23.7 Å². The Morgan fingerprint density at radius 3 is 2.08 bits per heavy atom. The molecule has 1 aromatic rings. The predicted octanol–water partition coefficient (Wildman–Crippen LogP) is 1.70. The summed E-state index contributed by atoms with van der Waals surface area (Å²) >= 11 is 5.82. The van der Waals surface area contributed by atoms with Gasteiger partial charge in [0.2, 0.25) is 5.91 Å². The summed E-state index contributed by atoms with van der Waals surface area (Å²) in [5.41, 5.74) is 6.41. The highest BCUT2D eigenvalue weighted by Crippen LogP contribution is 2.09. The van der Waals surface area contributed by atoms with Crippen molar-refractivity contribution in [2.24, 2.45) is 5.73 Å². The van der Waals surface area contributed by atoms with E-state index >= 15 is 0 Å². The number of nitrogens with two attached hydrogens (primary N) is 1. The topological polar surface area (TPSA) is 79.2 Å². The molecule has 0 aliphatic rings. The Labute approximate surface area is 150 Å². The lowest BCUT2D eigenvalue weighted by atomic mass is 10.1. The van der Waals surface area contributed by atoms with Gasteiger partial charge in [0, 0.05) is 11.6 Å². The highest BCUT2D eigenvalue weighted by Gasteiger charge is 2.02. The number of benzene rings is 1. The summed E-state index contributed by atoms with van der Waals surface area (Å²) in [6, 6.07) is 7.38. The van der Waals surface area contributed by atoms with Gasteiger partial charge in [-0.25, -0.2) is 0 Å². The van der Waals surface area contributed by atoms with Crippen LogP contribution in [0.3, 0.4) is 0 Å². The van der Waals surface area contributed by atoms with Crippen LogP contribution in [0.15, 0.2) is 24.3 Å². The first-order valence-corrected chi connectivity index (χ1v) is 9.23. The highest BCUT2D eigenvalue weighted by molar-refractivity contribution is 6.30. The van der Waals surface area contributed by atoms with Crippen molar-refractivity contribution in [3.8, 4) is 0 Å². The first kappa shape index (κ1) is 20.9. The largest absolute Gasteiger partial charge is 0.356 e. The van der Waals surface area contributed by atoms with Gasteiger partial charge in [-0.2, -0.15) is 0 Å². The van der Waals surface area contributed by atoms with Gasteiger partial charge in [0.1, 0.15) is 0 Å². The van der Waals surface area contributed by atoms with E-state index < -0.39 is 0 Å². The van der Waals surface area contributed by atoms with Crippen LogP contribution >= 0.6 is 11.6 Å². The van der Waals surface area contributed by atoms with Crippen LogP contribution in [0.4, 0.5) is 0 Å². The normalized spacial score (nSPS) is 10.8. The van der Waals surface area contributed by atoms with Crippen molar-refractivity contribution in [2.45, 2.75) is 32.1 Å². The zero-order chi connectivity index (χ0) is 17.5. The summed E-state index contributed by atoms with van der Waals surface area (Å²) in [5, 5.41) is 10.4. The molecule has 0 radical (unpaired) electrons. The van der Waals surface area contributed by atoms with Crippen LogP contribution in [0.25, 0.3) is 0 Å². The molecule has 0 saturated heterocycles. The van der Waals surface area contributed by atoms with Crippen molar-refractivity contribution in [3.63, 3.8) is 0 Å². The summed E-state index contributed by atoms with van der Waals surface area (Å²) in [4.78, 5) is 11.8. The second-order valence-electron chi connectivity index (χ2n) is 5.86. The van der Waals surface area contributed by atoms with E-state index in [1.54, 1.807) is 0 Å². The van der Waals surface area contributed by atoms with Gasteiger partial charge in [0.05, 0.1) is 6.42 Å². The Balaban J connectivity index is 1.87. The standard InChI is InChI=1S/C18H31ClN4O/c19-17-7-5-16(6-8-17)15-18(24)23-14-4-13-22-11-2-1-10-21-12-3-9-20/h5-8,21-22H,1-4,9-15,20H2,(H,23,24). The van der Waals surface area contributed by atoms with Crippen molar-refractivity contribution in [1.82, 2.24) is 16.0 Å². The number of rotatable bonds is 14. The van der Waals surface area contributed by atoms with Crippen LogP contribution in [-0.2, 0) is 11.2 Å². The van der Waals surface area contributed by atoms with E-state index in [2.05, 4.69) is 16.0 Å². The second kappa shape index (κ2) is 14.2. The van der Waals surface area contributed by atoms with Crippen LogP contribution in [-0.4, -0.2) is 45.2 Å². The Kier molecular flexibility index (Phi) is 12.4. The molecule has 0 aromatic heterocycles. The van der Waals surface area contributed by atoms with E-state index in [0.717, 1.165) is 51.1 Å². The van der Waals surface area contributed by atoms with Crippen LogP contribution in [0.1, 0.15) is 31.2 Å². The van der Waals surface area contributed by atoms with Gasteiger partial charge < -0.3 is 21.7 Å². The van der Waals surface area contributed by atoms with E-state index in [1.165, 1.54) is 12.8 Å². The summed E-state index contributed by atoms with van der Waals surface area (Å²) in [6.45, 7) is 5.49. The third kappa shape index (κ3) is 11.4. The molecule has 136 valence electrons. The molecule has 1 aromatic carbocycles. The Hall–Kier alpha value is -1.14. The molecule has 6 heteroatoms. The molecule has 0 atom stereocenters. The van der Waals surface area contributed by atoms with Crippen molar-refractivity contribution in [1.29, 1.82) is 0 Å². The van der Waals surface area contributed by atoms with Crippen LogP contribution in [0.5, 0.6) is 0 Å². The Morgan fingerprint density at radius 2 is 1.46 bits per heavy atom. The molecular weight excluding hydrogens is 324 g/mol. The maximum atomic E-state index is 11.8. The zero-order valence-corrected chi connectivity index (χ0v) is 15.2. The third-order valence-electron chi connectivity index (χ3n) is 3.65. The minimum absolute atomic E-state index is 0.0564. The maximum absolute atomic E-state index is 11.8. The molecule has 1 rings (SSSR count). The van der Waals surface area contributed by atoms with E-state index in [0.29, 0.717) is 18.0 Å². The molecule has 0 unspecified atom stereocenters. The number of hydrogen-bond acceptors (Lipinski definition) is 4. The molecule has 0 saturated carbocycles. The van der Waals surface area contributed by atoms with Crippen LogP contribution < -0.4 is 21.7 Å². The minimum Gasteiger partial charge on any atom is -0.356 e. The number of nitrogens with one attached hydrogen (secondary N) is 3. The van der Waals surface area contributed by atoms with Gasteiger partial charge in [-0.15, -0.1) is 0 Å². The molecule has 0 aliphatic heterocycles. The van der Waals surface area contributed by atoms with Gasteiger partial charge in [0.25, 0.3) is 0 Å². The number of amides is 1. The fraction of sp³-hybridized carbons (Fsp3) is 0.611. The Bertz CT molecular complexity index is 439. The molecular formula is C18H31ClN4O. The maximum Gasteiger partial charge on any atom is 0.224 e. The van der Waals surface area contributed by atoms with Gasteiger partial charge >= 0.3 is 0 Å². The number of unbranched alkanes of at least 4 members (excludes halogenated alkanes) is 1. The van der Waals surface area contributed by atoms with Crippen molar-refractivity contribution >= 4 is 17.5 Å². The van der Waals surface area contributed by atoms with Crippen molar-refractivity contribution in [2.75, 3.05) is 39.3 Å². The first-order chi connectivity index (χ1) is 11.7. The fourth-order valence-corrected chi connectivity index (χ4v) is 2.39. The van der Waals surface area contributed by atoms with Gasteiger partial charge in [-0.05, 0) is 76.1 Å². The van der Waals surface area contributed by atoms with Crippen molar-refractivity contribution in [3.05, 3.63) is 34.9 Å². The SMILES string of the molecule is NCCCNCCCCNCCCNC(=O)Cc1ccc(Cl)cc1. The summed E-state index contributed by atoms with van der Waals surface area (Å²) < 4.78 is 0. The van der Waals surface area contributed by atoms with E-state index in [4.69, 9.17) is 17.3 Å². The quantitative estimate of drug-likeness (QED) is 0.383. The second-order valence-corrected chi connectivity index (χ2v) is 6.29. The first-order valence-electron chi connectivity index (χ1n) is 8.85. The van der Waals surface area contributed by atoms with Gasteiger partial charge in [-0.3, -0.25) is 4.79 Å². The number of hydrogen-bond donors (Lipinski definition) is 4. The average molecular weight is 355 g/mol. The van der Waals surface area contributed by atoms with Crippen LogP contribution in [0.2, 0.25) is 5.02 Å². The minimum atomic E-state index is 0.0564. The summed E-state index contributed by atoms with van der Waals surface area (Å²) in [6.07, 6.45) is 4.73. The smallest absolute Gasteiger partial charge is 0.224 e. The molecule has 0 fully saturated rings. The fourth-order valence-electron chi connectivity index (χ4n) is 2.27. The molecule has 0 spiro atoms. The predicted molar refractivity (Wildman–Crippen MR) is 101 cm³/mol. The number of halogens is 1. The van der Waals surface area contributed by atoms with Crippen molar-refractivity contribution < 1.29 is 4.79 Å². The molecule has 5 N–H and O–H groups in total. The lowest BCUT2D eigenvalue weighted by Gasteiger charge is -2.07. The molecule has 24 heavy (non-hydrogen) atoms. The average Bonchev–Trinajstić information content (AvgIpc) is 2.58. The molecule has 5 nitrogen and oxygen atoms in total. The molecule has 0 heterocycles.